The molecule has 0 fully saturated rings. The van der Waals surface area contributed by atoms with Gasteiger partial charge in [0.1, 0.15) is 11.6 Å². The van der Waals surface area contributed by atoms with Crippen molar-refractivity contribution in [3.63, 3.8) is 0 Å². The number of nitrogens with zero attached hydrogens (tertiary/aromatic N) is 3. The van der Waals surface area contributed by atoms with Gasteiger partial charge in [0.15, 0.2) is 5.96 Å². The zero-order chi connectivity index (χ0) is 14.4. The minimum absolute atomic E-state index is 0.396. The topological polar surface area (TPSA) is 77.5 Å². The Kier molecular flexibility index (Phi) is 4.60. The van der Waals surface area contributed by atoms with Crippen molar-refractivity contribution in [1.29, 1.82) is 0 Å². The number of rotatable bonds is 5. The molecule has 3 N–H and O–H groups in total. The van der Waals surface area contributed by atoms with Crippen LogP contribution >= 0.6 is 0 Å². The average Bonchev–Trinajstić information content (AvgIpc) is 2.85. The lowest BCUT2D eigenvalue weighted by atomic mass is 10.3. The predicted octanol–water partition coefficient (Wildman–Crippen LogP) is 1.63. The van der Waals surface area contributed by atoms with Gasteiger partial charge in [-0.05, 0) is 31.2 Å². The number of nitrogens with two attached hydrogens (primary N) is 1. The van der Waals surface area contributed by atoms with E-state index in [4.69, 9.17) is 10.5 Å². The van der Waals surface area contributed by atoms with Gasteiger partial charge in [0.25, 0.3) is 0 Å². The lowest BCUT2D eigenvalue weighted by Gasteiger charge is -2.07. The highest BCUT2D eigenvalue weighted by atomic mass is 16.5. The number of aromatic nitrogens is 2. The number of anilines is 1. The number of hydrogen-bond acceptors (Lipinski definition) is 3. The van der Waals surface area contributed by atoms with Crippen LogP contribution in [0.1, 0.15) is 5.82 Å². The molecule has 6 nitrogen and oxygen atoms in total. The molecule has 0 aliphatic rings. The molecule has 0 saturated carbocycles. The number of aliphatic imine (C=N–C) groups is 1. The van der Waals surface area contributed by atoms with Gasteiger partial charge in [-0.2, -0.15) is 0 Å². The fraction of sp³-hybridized carbons (Fsp3) is 0.286. The van der Waals surface area contributed by atoms with Crippen LogP contribution in [0.15, 0.2) is 41.7 Å². The predicted molar refractivity (Wildman–Crippen MR) is 80.1 cm³/mol. The molecule has 0 aliphatic carbocycles. The number of methoxy groups -OCH3 is 1. The van der Waals surface area contributed by atoms with E-state index in [1.165, 1.54) is 0 Å². The molecule has 2 rings (SSSR count). The van der Waals surface area contributed by atoms with Crippen LogP contribution in [-0.4, -0.2) is 29.2 Å². The van der Waals surface area contributed by atoms with Crippen molar-refractivity contribution in [1.82, 2.24) is 9.55 Å². The number of aryl methyl sites for hydroxylation is 1. The molecule has 106 valence electrons. The third-order valence-corrected chi connectivity index (χ3v) is 2.91. The first kappa shape index (κ1) is 13.9. The summed E-state index contributed by atoms with van der Waals surface area (Å²) in [7, 11) is 1.64. The van der Waals surface area contributed by atoms with Crippen LogP contribution < -0.4 is 15.8 Å². The first-order valence-electron chi connectivity index (χ1n) is 6.38. The van der Waals surface area contributed by atoms with Gasteiger partial charge in [0.05, 0.1) is 13.7 Å². The van der Waals surface area contributed by atoms with Crippen molar-refractivity contribution in [3.8, 4) is 5.75 Å². The fourth-order valence-electron chi connectivity index (χ4n) is 1.78. The van der Waals surface area contributed by atoms with Crippen LogP contribution in [0.2, 0.25) is 0 Å². The Morgan fingerprint density at radius 1 is 1.40 bits per heavy atom. The van der Waals surface area contributed by atoms with Crippen LogP contribution in [0.3, 0.4) is 0 Å². The van der Waals surface area contributed by atoms with Gasteiger partial charge < -0.3 is 20.4 Å². The lowest BCUT2D eigenvalue weighted by Crippen LogP contribution is -2.23. The van der Waals surface area contributed by atoms with Crippen molar-refractivity contribution in [3.05, 3.63) is 42.5 Å². The molecule has 1 heterocycles. The zero-order valence-corrected chi connectivity index (χ0v) is 11.7. The molecule has 0 atom stereocenters. The van der Waals surface area contributed by atoms with Crippen LogP contribution in [-0.2, 0) is 6.54 Å². The highest BCUT2D eigenvalue weighted by Crippen LogP contribution is 2.14. The van der Waals surface area contributed by atoms with E-state index in [1.807, 2.05) is 42.0 Å². The van der Waals surface area contributed by atoms with Crippen molar-refractivity contribution >= 4 is 11.6 Å². The van der Waals surface area contributed by atoms with Gasteiger partial charge >= 0.3 is 0 Å². The van der Waals surface area contributed by atoms with E-state index in [-0.39, 0.29) is 0 Å². The molecule has 0 unspecified atom stereocenters. The van der Waals surface area contributed by atoms with Crippen LogP contribution in [0.25, 0.3) is 0 Å². The number of benzene rings is 1. The van der Waals surface area contributed by atoms with Gasteiger partial charge in [-0.3, -0.25) is 4.99 Å². The SMILES string of the molecule is COc1ccc(NC(N)=NCCn2ccnc2C)cc1. The average molecular weight is 273 g/mol. The Hall–Kier alpha value is -2.50. The van der Waals surface area contributed by atoms with E-state index >= 15 is 0 Å². The number of nitrogens with one attached hydrogen (secondary N) is 1. The van der Waals surface area contributed by atoms with Gasteiger partial charge in [-0.25, -0.2) is 4.98 Å². The second kappa shape index (κ2) is 6.60. The lowest BCUT2D eigenvalue weighted by molar-refractivity contribution is 0.415. The van der Waals surface area contributed by atoms with E-state index in [9.17, 15) is 0 Å². The Balaban J connectivity index is 1.85. The molecular formula is C14H19N5O. The molecule has 6 heteroatoms. The third-order valence-electron chi connectivity index (χ3n) is 2.91. The van der Waals surface area contributed by atoms with Crippen LogP contribution in [0.4, 0.5) is 5.69 Å². The molecule has 0 aliphatic heterocycles. The Labute approximate surface area is 118 Å². The fourth-order valence-corrected chi connectivity index (χ4v) is 1.78. The number of imidazole rings is 1. The normalized spacial score (nSPS) is 11.4. The summed E-state index contributed by atoms with van der Waals surface area (Å²) in [5.74, 6) is 2.18. The highest BCUT2D eigenvalue weighted by molar-refractivity contribution is 5.92. The van der Waals surface area contributed by atoms with Gasteiger partial charge in [-0.15, -0.1) is 0 Å². The van der Waals surface area contributed by atoms with Gasteiger partial charge in [0.2, 0.25) is 0 Å². The number of hydrogen-bond donors (Lipinski definition) is 2. The largest absolute Gasteiger partial charge is 0.497 e. The molecule has 2 aromatic rings. The third kappa shape index (κ3) is 3.74. The van der Waals surface area contributed by atoms with E-state index in [0.717, 1.165) is 23.8 Å². The molecule has 0 amide bonds. The summed E-state index contributed by atoms with van der Waals surface area (Å²) in [5.41, 5.74) is 6.72. The minimum atomic E-state index is 0.396. The van der Waals surface area contributed by atoms with Crippen molar-refractivity contribution in [2.75, 3.05) is 19.0 Å². The Bertz CT molecular complexity index is 574. The van der Waals surface area contributed by atoms with Crippen molar-refractivity contribution in [2.45, 2.75) is 13.5 Å². The second-order valence-corrected chi connectivity index (χ2v) is 4.29. The van der Waals surface area contributed by atoms with Gasteiger partial charge in [0, 0.05) is 24.6 Å². The summed E-state index contributed by atoms with van der Waals surface area (Å²) >= 11 is 0. The van der Waals surface area contributed by atoms with E-state index in [0.29, 0.717) is 12.5 Å². The molecule has 1 aromatic heterocycles. The summed E-state index contributed by atoms with van der Waals surface area (Å²) in [6.07, 6.45) is 3.70. The monoisotopic (exact) mass is 273 g/mol. The first-order valence-corrected chi connectivity index (χ1v) is 6.38. The van der Waals surface area contributed by atoms with E-state index in [2.05, 4.69) is 15.3 Å². The van der Waals surface area contributed by atoms with Crippen LogP contribution in [0.5, 0.6) is 5.75 Å². The van der Waals surface area contributed by atoms with Crippen LogP contribution in [0, 0.1) is 6.92 Å². The van der Waals surface area contributed by atoms with Crippen molar-refractivity contribution < 1.29 is 4.74 Å². The Morgan fingerprint density at radius 3 is 2.75 bits per heavy atom. The van der Waals surface area contributed by atoms with Crippen molar-refractivity contribution in [2.24, 2.45) is 10.7 Å². The summed E-state index contributed by atoms with van der Waals surface area (Å²) < 4.78 is 7.13. The standard InChI is InChI=1S/C14H19N5O/c1-11-16-7-9-19(11)10-8-17-14(15)18-12-3-5-13(20-2)6-4-12/h3-7,9H,8,10H2,1-2H3,(H3,15,17,18). The molecule has 0 saturated heterocycles. The quantitative estimate of drug-likeness (QED) is 0.641. The molecular weight excluding hydrogens is 254 g/mol. The maximum Gasteiger partial charge on any atom is 0.193 e. The Morgan fingerprint density at radius 2 is 2.15 bits per heavy atom. The zero-order valence-electron chi connectivity index (χ0n) is 11.7. The number of ether oxygens (including phenoxy) is 1. The summed E-state index contributed by atoms with van der Waals surface area (Å²) in [6, 6.07) is 7.51. The molecule has 0 spiro atoms. The maximum atomic E-state index is 5.84. The molecule has 20 heavy (non-hydrogen) atoms. The highest BCUT2D eigenvalue weighted by Gasteiger charge is 1.98. The maximum absolute atomic E-state index is 5.84. The smallest absolute Gasteiger partial charge is 0.193 e. The summed E-state index contributed by atoms with van der Waals surface area (Å²) in [6.45, 7) is 3.33. The first-order chi connectivity index (χ1) is 9.69. The molecule has 0 bridgehead atoms. The van der Waals surface area contributed by atoms with Gasteiger partial charge in [-0.1, -0.05) is 0 Å². The second-order valence-electron chi connectivity index (χ2n) is 4.29. The van der Waals surface area contributed by atoms with E-state index in [1.54, 1.807) is 13.3 Å². The molecule has 1 aromatic carbocycles. The summed E-state index contributed by atoms with van der Waals surface area (Å²) in [4.78, 5) is 8.44. The van der Waals surface area contributed by atoms with E-state index < -0.39 is 0 Å². The molecule has 0 radical (unpaired) electrons. The number of guanidine groups is 1. The minimum Gasteiger partial charge on any atom is -0.497 e. The summed E-state index contributed by atoms with van der Waals surface area (Å²) in [5, 5.41) is 3.04.